The van der Waals surface area contributed by atoms with Gasteiger partial charge in [0.15, 0.2) is 17.4 Å². The number of carbonyl (C=O) groups is 1. The number of oxime groups is 1. The van der Waals surface area contributed by atoms with Crippen molar-refractivity contribution in [1.82, 2.24) is 5.32 Å². The second-order valence-corrected chi connectivity index (χ2v) is 4.93. The van der Waals surface area contributed by atoms with Gasteiger partial charge in [0.1, 0.15) is 5.84 Å². The Labute approximate surface area is 118 Å². The van der Waals surface area contributed by atoms with E-state index in [1.807, 2.05) is 0 Å². The molecule has 1 amide bonds. The molecule has 0 saturated heterocycles. The van der Waals surface area contributed by atoms with Crippen LogP contribution in [-0.4, -0.2) is 28.6 Å². The first kappa shape index (κ1) is 16.6. The summed E-state index contributed by atoms with van der Waals surface area (Å²) in [4.78, 5) is 11.7. The monoisotopic (exact) mass is 305 g/mol. The van der Waals surface area contributed by atoms with E-state index < -0.39 is 40.1 Å². The summed E-state index contributed by atoms with van der Waals surface area (Å²) in [6.45, 7) is 2.89. The van der Waals surface area contributed by atoms with Crippen LogP contribution in [0, 0.1) is 22.9 Å². The normalized spacial score (nSPS) is 12.3. The first-order chi connectivity index (χ1) is 9.61. The summed E-state index contributed by atoms with van der Waals surface area (Å²) >= 11 is 0. The molecule has 5 N–H and O–H groups in total. The van der Waals surface area contributed by atoms with Crippen LogP contribution in [0.5, 0.6) is 5.75 Å². The molecule has 9 heteroatoms. The van der Waals surface area contributed by atoms with Gasteiger partial charge in [0.25, 0.3) is 5.91 Å². The van der Waals surface area contributed by atoms with Gasteiger partial charge in [0, 0.05) is 12.0 Å². The third-order valence-electron chi connectivity index (χ3n) is 2.87. The molecule has 0 aliphatic heterocycles. The zero-order valence-corrected chi connectivity index (χ0v) is 11.2. The van der Waals surface area contributed by atoms with Crippen molar-refractivity contribution < 1.29 is 28.3 Å². The third-order valence-corrected chi connectivity index (χ3v) is 2.87. The van der Waals surface area contributed by atoms with Crippen LogP contribution in [0.25, 0.3) is 0 Å². The van der Waals surface area contributed by atoms with Gasteiger partial charge in [0.05, 0.1) is 5.56 Å². The zero-order valence-electron chi connectivity index (χ0n) is 11.2. The van der Waals surface area contributed by atoms with Crippen molar-refractivity contribution in [2.75, 3.05) is 6.54 Å². The Balaban J connectivity index is 2.97. The van der Waals surface area contributed by atoms with Gasteiger partial charge in [-0.1, -0.05) is 19.0 Å². The Kier molecular flexibility index (Phi) is 4.66. The Bertz CT molecular complexity index is 603. The molecule has 1 aromatic rings. The molecule has 116 valence electrons. The minimum Gasteiger partial charge on any atom is -0.503 e. The van der Waals surface area contributed by atoms with Crippen LogP contribution in [0.4, 0.5) is 13.2 Å². The number of nitrogens with zero attached hydrogens (tertiary/aromatic N) is 1. The summed E-state index contributed by atoms with van der Waals surface area (Å²) in [5, 5.41) is 22.6. The number of hydrogen-bond donors (Lipinski definition) is 4. The molecular formula is C12H14F3N3O3. The zero-order chi connectivity index (χ0) is 16.4. The molecule has 0 saturated carbocycles. The number of phenolic OH excluding ortho intramolecular Hbond substituents is 1. The Morgan fingerprint density at radius 3 is 2.48 bits per heavy atom. The molecule has 0 atom stereocenters. The van der Waals surface area contributed by atoms with Crippen LogP contribution in [0.1, 0.15) is 24.2 Å². The molecule has 0 radical (unpaired) electrons. The molecule has 0 fully saturated rings. The highest BCUT2D eigenvalue weighted by Crippen LogP contribution is 2.26. The molecule has 0 aliphatic carbocycles. The van der Waals surface area contributed by atoms with Gasteiger partial charge >= 0.3 is 0 Å². The number of carbonyl (C=O) groups excluding carboxylic acids is 1. The maximum absolute atomic E-state index is 13.5. The van der Waals surface area contributed by atoms with E-state index >= 15 is 0 Å². The maximum Gasteiger partial charge on any atom is 0.254 e. The molecule has 1 aromatic carbocycles. The van der Waals surface area contributed by atoms with E-state index in [4.69, 9.17) is 16.0 Å². The summed E-state index contributed by atoms with van der Waals surface area (Å²) < 4.78 is 39.5. The van der Waals surface area contributed by atoms with Gasteiger partial charge in [0.2, 0.25) is 5.82 Å². The van der Waals surface area contributed by atoms with Crippen LogP contribution in [0.2, 0.25) is 0 Å². The van der Waals surface area contributed by atoms with Crippen molar-refractivity contribution in [1.29, 1.82) is 0 Å². The number of benzene rings is 1. The van der Waals surface area contributed by atoms with E-state index in [1.54, 1.807) is 0 Å². The van der Waals surface area contributed by atoms with E-state index in [9.17, 15) is 18.0 Å². The highest BCUT2D eigenvalue weighted by atomic mass is 19.2. The van der Waals surface area contributed by atoms with E-state index in [-0.39, 0.29) is 12.4 Å². The Morgan fingerprint density at radius 1 is 1.38 bits per heavy atom. The lowest BCUT2D eigenvalue weighted by Crippen LogP contribution is -2.42. The number of amides is 1. The van der Waals surface area contributed by atoms with E-state index in [2.05, 4.69) is 10.5 Å². The fourth-order valence-corrected chi connectivity index (χ4v) is 1.38. The quantitative estimate of drug-likeness (QED) is 0.221. The highest BCUT2D eigenvalue weighted by Gasteiger charge is 2.27. The number of nitrogens with one attached hydrogen (secondary N) is 1. The summed E-state index contributed by atoms with van der Waals surface area (Å²) in [6.07, 6.45) is 0. The fourth-order valence-electron chi connectivity index (χ4n) is 1.38. The summed E-state index contributed by atoms with van der Waals surface area (Å²) in [6, 6.07) is 0.330. The lowest BCUT2D eigenvalue weighted by molar-refractivity contribution is 0.0938. The van der Waals surface area contributed by atoms with Gasteiger partial charge in [-0.3, -0.25) is 4.79 Å². The van der Waals surface area contributed by atoms with Crippen molar-refractivity contribution >= 4 is 11.7 Å². The summed E-state index contributed by atoms with van der Waals surface area (Å²) in [5.74, 6) is -7.75. The highest BCUT2D eigenvalue weighted by molar-refractivity contribution is 5.95. The van der Waals surface area contributed by atoms with Crippen molar-refractivity contribution in [2.45, 2.75) is 13.8 Å². The minimum absolute atomic E-state index is 0.166. The van der Waals surface area contributed by atoms with Gasteiger partial charge in [-0.05, 0) is 6.07 Å². The lowest BCUT2D eigenvalue weighted by Gasteiger charge is -2.23. The minimum atomic E-state index is -1.78. The van der Waals surface area contributed by atoms with E-state index in [1.165, 1.54) is 13.8 Å². The number of hydrogen-bond acceptors (Lipinski definition) is 4. The third kappa shape index (κ3) is 3.36. The predicted molar refractivity (Wildman–Crippen MR) is 67.5 cm³/mol. The standard InChI is InChI=1S/C12H14F3N3O3/c1-12(2,11(16)18-21)4-17-10(20)5-3-6(13)8(15)9(19)7(5)14/h3,19,21H,4H2,1-2H3,(H2,16,18)(H,17,20). The lowest BCUT2D eigenvalue weighted by atomic mass is 9.92. The van der Waals surface area contributed by atoms with Crippen LogP contribution in [0.3, 0.4) is 0 Å². The molecule has 0 spiro atoms. The number of amidine groups is 1. The topological polar surface area (TPSA) is 108 Å². The first-order valence-corrected chi connectivity index (χ1v) is 5.74. The molecular weight excluding hydrogens is 291 g/mol. The molecule has 0 aromatic heterocycles. The molecule has 0 heterocycles. The summed E-state index contributed by atoms with van der Waals surface area (Å²) in [5.41, 5.74) is 3.58. The second kappa shape index (κ2) is 5.90. The molecule has 0 bridgehead atoms. The van der Waals surface area contributed by atoms with Gasteiger partial charge in [-0.2, -0.15) is 4.39 Å². The largest absolute Gasteiger partial charge is 0.503 e. The van der Waals surface area contributed by atoms with E-state index in [0.717, 1.165) is 0 Å². The Hall–Kier alpha value is -2.45. The fraction of sp³-hybridized carbons (Fsp3) is 0.333. The number of nitrogens with two attached hydrogens (primary N) is 1. The SMILES string of the molecule is CC(C)(CNC(=O)c1cc(F)c(F)c(O)c1F)/C(N)=N/O. The van der Waals surface area contributed by atoms with Crippen molar-refractivity contribution in [3.63, 3.8) is 0 Å². The van der Waals surface area contributed by atoms with Crippen molar-refractivity contribution in [3.8, 4) is 5.75 Å². The number of halogens is 3. The number of aromatic hydroxyl groups is 1. The Morgan fingerprint density at radius 2 is 1.95 bits per heavy atom. The molecule has 1 rings (SSSR count). The van der Waals surface area contributed by atoms with Crippen molar-refractivity contribution in [2.24, 2.45) is 16.3 Å². The van der Waals surface area contributed by atoms with Gasteiger partial charge in [-0.25, -0.2) is 8.78 Å². The predicted octanol–water partition coefficient (Wildman–Crippen LogP) is 1.31. The van der Waals surface area contributed by atoms with Crippen LogP contribution >= 0.6 is 0 Å². The number of phenols is 1. The van der Waals surface area contributed by atoms with E-state index in [0.29, 0.717) is 6.07 Å². The molecule has 6 nitrogen and oxygen atoms in total. The van der Waals surface area contributed by atoms with Crippen LogP contribution in [0.15, 0.2) is 11.2 Å². The van der Waals surface area contributed by atoms with Crippen LogP contribution in [-0.2, 0) is 0 Å². The first-order valence-electron chi connectivity index (χ1n) is 5.74. The summed E-state index contributed by atoms with van der Waals surface area (Å²) in [7, 11) is 0. The average molecular weight is 305 g/mol. The molecule has 21 heavy (non-hydrogen) atoms. The molecule has 0 unspecified atom stereocenters. The smallest absolute Gasteiger partial charge is 0.254 e. The van der Waals surface area contributed by atoms with Crippen LogP contribution < -0.4 is 11.1 Å². The number of rotatable bonds is 4. The maximum atomic E-state index is 13.5. The second-order valence-electron chi connectivity index (χ2n) is 4.93. The molecule has 0 aliphatic rings. The van der Waals surface area contributed by atoms with Gasteiger partial charge < -0.3 is 21.4 Å². The van der Waals surface area contributed by atoms with Gasteiger partial charge in [-0.15, -0.1) is 0 Å². The average Bonchev–Trinajstić information content (AvgIpc) is 2.45. The van der Waals surface area contributed by atoms with Crippen molar-refractivity contribution in [3.05, 3.63) is 29.1 Å².